The summed E-state index contributed by atoms with van der Waals surface area (Å²) in [6.07, 6.45) is 2.36. The predicted molar refractivity (Wildman–Crippen MR) is 118 cm³/mol. The average Bonchev–Trinajstić information content (AvgIpc) is 2.51. The Hall–Kier alpha value is -0.920. The maximum atomic E-state index is 11.6. The highest BCUT2D eigenvalue weighted by atomic mass is 127. The van der Waals surface area contributed by atoms with Gasteiger partial charge >= 0.3 is 0 Å². The van der Waals surface area contributed by atoms with Gasteiger partial charge in [0.1, 0.15) is 9.84 Å². The number of benzene rings is 1. The zero-order valence-electron chi connectivity index (χ0n) is 16.0. The smallest absolute Gasteiger partial charge is 0.191 e. The molecule has 0 saturated carbocycles. The third-order valence-electron chi connectivity index (χ3n) is 3.46. The first-order chi connectivity index (χ1) is 12.0. The van der Waals surface area contributed by atoms with Crippen LogP contribution in [-0.2, 0) is 31.0 Å². The minimum absolute atomic E-state index is 0. The average molecular weight is 533 g/mol. The fourth-order valence-electron chi connectivity index (χ4n) is 2.20. The monoisotopic (exact) mass is 533 g/mol. The Balaban J connectivity index is 0.00000676. The molecule has 1 rings (SSSR count). The summed E-state index contributed by atoms with van der Waals surface area (Å²) in [7, 11) is -4.59. The fraction of sp³-hybridized carbons (Fsp3) is 0.562. The van der Waals surface area contributed by atoms with Crippen LogP contribution in [0.4, 0.5) is 0 Å². The molecule has 11 heteroatoms. The standard InChI is InChI=1S/C16H27N3O5S2.HI/c1-13-11-14(5-6-15(13)26(4,22)23)12-19-16(17-2)18-7-8-24-9-10-25(3,20)21;/h5-6,11H,7-10,12H2,1-4H3,(H2,17,18,19);1H. The molecule has 0 aliphatic carbocycles. The second-order valence-corrected chi connectivity index (χ2v) is 10.2. The molecule has 0 atom stereocenters. The summed E-state index contributed by atoms with van der Waals surface area (Å²) in [6.45, 7) is 3.26. The van der Waals surface area contributed by atoms with Crippen LogP contribution in [0, 0.1) is 6.92 Å². The maximum absolute atomic E-state index is 11.6. The molecule has 156 valence electrons. The first kappa shape index (κ1) is 26.1. The van der Waals surface area contributed by atoms with Crippen molar-refractivity contribution in [1.29, 1.82) is 0 Å². The summed E-state index contributed by atoms with van der Waals surface area (Å²) in [4.78, 5) is 4.42. The predicted octanol–water partition coefficient (Wildman–Crippen LogP) is 0.743. The maximum Gasteiger partial charge on any atom is 0.191 e. The molecule has 0 bridgehead atoms. The number of rotatable bonds is 9. The van der Waals surface area contributed by atoms with Gasteiger partial charge in [-0.1, -0.05) is 12.1 Å². The number of guanidine groups is 1. The van der Waals surface area contributed by atoms with E-state index in [0.717, 1.165) is 5.56 Å². The van der Waals surface area contributed by atoms with Gasteiger partial charge in [0, 0.05) is 32.6 Å². The molecule has 0 heterocycles. The van der Waals surface area contributed by atoms with Crippen molar-refractivity contribution < 1.29 is 21.6 Å². The number of sulfone groups is 2. The zero-order valence-corrected chi connectivity index (χ0v) is 19.9. The molecular formula is C16H28IN3O5S2. The molecule has 8 nitrogen and oxygen atoms in total. The Labute approximate surface area is 179 Å². The first-order valence-corrected chi connectivity index (χ1v) is 12.0. The lowest BCUT2D eigenvalue weighted by atomic mass is 10.1. The number of hydrogen-bond acceptors (Lipinski definition) is 6. The van der Waals surface area contributed by atoms with Crippen LogP contribution in [0.25, 0.3) is 0 Å². The SMILES string of the molecule is CN=C(NCCOCCS(C)(=O)=O)NCc1ccc(S(C)(=O)=O)c(C)c1.I. The Morgan fingerprint density at radius 3 is 2.30 bits per heavy atom. The lowest BCUT2D eigenvalue weighted by Crippen LogP contribution is -2.38. The molecule has 1 aromatic rings. The second-order valence-electron chi connectivity index (χ2n) is 5.97. The third kappa shape index (κ3) is 10.9. The van der Waals surface area contributed by atoms with Gasteiger partial charge in [0.15, 0.2) is 15.8 Å². The van der Waals surface area contributed by atoms with Crippen LogP contribution in [0.2, 0.25) is 0 Å². The van der Waals surface area contributed by atoms with Crippen LogP contribution in [-0.4, -0.2) is 67.9 Å². The van der Waals surface area contributed by atoms with Gasteiger partial charge in [0.05, 0.1) is 23.9 Å². The molecule has 0 aromatic heterocycles. The molecule has 0 radical (unpaired) electrons. The highest BCUT2D eigenvalue weighted by molar-refractivity contribution is 14.0. The van der Waals surface area contributed by atoms with E-state index in [1.165, 1.54) is 12.5 Å². The zero-order chi connectivity index (χ0) is 19.8. The fourth-order valence-corrected chi connectivity index (χ4v) is 3.58. The van der Waals surface area contributed by atoms with Crippen LogP contribution in [0.5, 0.6) is 0 Å². The number of hydrogen-bond donors (Lipinski definition) is 2. The summed E-state index contributed by atoms with van der Waals surface area (Å²) >= 11 is 0. The van der Waals surface area contributed by atoms with Crippen LogP contribution in [0.15, 0.2) is 28.1 Å². The van der Waals surface area contributed by atoms with Crippen molar-refractivity contribution in [2.75, 3.05) is 45.1 Å². The summed E-state index contributed by atoms with van der Waals surface area (Å²) in [5.41, 5.74) is 1.64. The van der Waals surface area contributed by atoms with Gasteiger partial charge in [-0.2, -0.15) is 0 Å². The molecular weight excluding hydrogens is 505 g/mol. The molecule has 0 aliphatic heterocycles. The summed E-state index contributed by atoms with van der Waals surface area (Å²) in [6, 6.07) is 5.19. The van der Waals surface area contributed by atoms with Gasteiger partial charge < -0.3 is 15.4 Å². The van der Waals surface area contributed by atoms with Crippen molar-refractivity contribution >= 4 is 49.6 Å². The van der Waals surface area contributed by atoms with E-state index in [-0.39, 0.29) is 36.3 Å². The summed E-state index contributed by atoms with van der Waals surface area (Å²) < 4.78 is 50.5. The normalized spacial score (nSPS) is 12.4. The number of halogens is 1. The number of nitrogens with zero attached hydrogens (tertiary/aromatic N) is 1. The lowest BCUT2D eigenvalue weighted by Gasteiger charge is -2.13. The highest BCUT2D eigenvalue weighted by Crippen LogP contribution is 2.16. The number of aliphatic imine (C=N–C) groups is 1. The summed E-state index contributed by atoms with van der Waals surface area (Å²) in [5, 5.41) is 6.18. The van der Waals surface area contributed by atoms with E-state index in [0.29, 0.717) is 36.1 Å². The minimum atomic E-state index is -3.22. The second kappa shape index (κ2) is 11.8. The van der Waals surface area contributed by atoms with Crippen molar-refractivity contribution in [3.63, 3.8) is 0 Å². The van der Waals surface area contributed by atoms with Crippen molar-refractivity contribution in [1.82, 2.24) is 10.6 Å². The third-order valence-corrected chi connectivity index (χ3v) is 5.62. The number of nitrogens with one attached hydrogen (secondary N) is 2. The van der Waals surface area contributed by atoms with Crippen molar-refractivity contribution in [3.8, 4) is 0 Å². The first-order valence-electron chi connectivity index (χ1n) is 8.02. The van der Waals surface area contributed by atoms with E-state index < -0.39 is 19.7 Å². The van der Waals surface area contributed by atoms with Crippen molar-refractivity contribution in [3.05, 3.63) is 29.3 Å². The molecule has 0 saturated heterocycles. The largest absolute Gasteiger partial charge is 0.379 e. The number of aryl methyl sites for hydroxylation is 1. The highest BCUT2D eigenvalue weighted by Gasteiger charge is 2.11. The molecule has 2 N–H and O–H groups in total. The van der Waals surface area contributed by atoms with E-state index in [9.17, 15) is 16.8 Å². The Morgan fingerprint density at radius 2 is 1.78 bits per heavy atom. The molecule has 1 aromatic carbocycles. The minimum Gasteiger partial charge on any atom is -0.379 e. The topological polar surface area (TPSA) is 114 Å². The van der Waals surface area contributed by atoms with Gasteiger partial charge in [-0.3, -0.25) is 4.99 Å². The molecule has 0 fully saturated rings. The van der Waals surface area contributed by atoms with E-state index in [4.69, 9.17) is 4.74 Å². The van der Waals surface area contributed by atoms with Crippen molar-refractivity contribution in [2.24, 2.45) is 4.99 Å². The molecule has 27 heavy (non-hydrogen) atoms. The van der Waals surface area contributed by atoms with Crippen LogP contribution in [0.1, 0.15) is 11.1 Å². The van der Waals surface area contributed by atoms with E-state index in [2.05, 4.69) is 15.6 Å². The van der Waals surface area contributed by atoms with Gasteiger partial charge in [0.25, 0.3) is 0 Å². The molecule has 0 unspecified atom stereocenters. The lowest BCUT2D eigenvalue weighted by molar-refractivity contribution is 0.154. The van der Waals surface area contributed by atoms with Crippen LogP contribution >= 0.6 is 24.0 Å². The Morgan fingerprint density at radius 1 is 1.11 bits per heavy atom. The van der Waals surface area contributed by atoms with Gasteiger partial charge in [-0.05, 0) is 24.1 Å². The quantitative estimate of drug-likeness (QED) is 0.208. The van der Waals surface area contributed by atoms with Crippen LogP contribution in [0.3, 0.4) is 0 Å². The summed E-state index contributed by atoms with van der Waals surface area (Å²) in [5.74, 6) is 0.574. The van der Waals surface area contributed by atoms with E-state index >= 15 is 0 Å². The molecule has 0 spiro atoms. The molecule has 0 amide bonds. The van der Waals surface area contributed by atoms with Gasteiger partial charge in [-0.25, -0.2) is 16.8 Å². The Kier molecular flexibility index (Phi) is 11.4. The van der Waals surface area contributed by atoms with Crippen LogP contribution < -0.4 is 10.6 Å². The van der Waals surface area contributed by atoms with Gasteiger partial charge in [0.2, 0.25) is 0 Å². The number of ether oxygens (including phenoxy) is 1. The van der Waals surface area contributed by atoms with Gasteiger partial charge in [-0.15, -0.1) is 24.0 Å². The van der Waals surface area contributed by atoms with Crippen molar-refractivity contribution in [2.45, 2.75) is 18.4 Å². The van der Waals surface area contributed by atoms with E-state index in [1.54, 1.807) is 26.1 Å². The Bertz CT molecular complexity index is 840. The molecule has 0 aliphatic rings. The van der Waals surface area contributed by atoms with E-state index in [1.807, 2.05) is 6.07 Å².